The number of anilines is 2. The number of hydrogen-bond donors (Lipinski definition) is 3. The highest BCUT2D eigenvalue weighted by molar-refractivity contribution is 5.98. The monoisotopic (exact) mass is 256 g/mol. The fourth-order valence-corrected chi connectivity index (χ4v) is 2.42. The van der Waals surface area contributed by atoms with Crippen LogP contribution in [0.15, 0.2) is 30.5 Å². The van der Waals surface area contributed by atoms with E-state index in [0.717, 1.165) is 23.2 Å². The molecule has 1 aromatic carbocycles. The third kappa shape index (κ3) is 2.07. The molecule has 3 rings (SSSR count). The molecule has 0 bridgehead atoms. The fraction of sp³-hybridized carbons (Fsp3) is 0.286. The van der Waals surface area contributed by atoms with E-state index in [1.54, 1.807) is 6.20 Å². The fourth-order valence-electron chi connectivity index (χ4n) is 2.42. The molecule has 1 aromatic heterocycles. The molecule has 0 fully saturated rings. The summed E-state index contributed by atoms with van der Waals surface area (Å²) in [7, 11) is 0. The van der Waals surface area contributed by atoms with Crippen LogP contribution in [0.5, 0.6) is 0 Å². The Morgan fingerprint density at radius 2 is 2.32 bits per heavy atom. The lowest BCUT2D eigenvalue weighted by Crippen LogP contribution is -2.23. The topological polar surface area (TPSA) is 69.8 Å². The first-order valence-corrected chi connectivity index (χ1v) is 6.45. The molecule has 1 amide bonds. The second-order valence-corrected chi connectivity index (χ2v) is 4.63. The number of aromatic amines is 1. The number of rotatable bonds is 3. The van der Waals surface area contributed by atoms with Gasteiger partial charge in [0.05, 0.1) is 12.1 Å². The summed E-state index contributed by atoms with van der Waals surface area (Å²) in [6.07, 6.45) is 2.59. The third-order valence-electron chi connectivity index (χ3n) is 3.50. The van der Waals surface area contributed by atoms with Gasteiger partial charge in [0.25, 0.3) is 0 Å². The molecule has 0 saturated heterocycles. The van der Waals surface area contributed by atoms with Crippen LogP contribution in [0.3, 0.4) is 0 Å². The summed E-state index contributed by atoms with van der Waals surface area (Å²) in [5.41, 5.74) is 3.12. The van der Waals surface area contributed by atoms with Crippen LogP contribution in [0.4, 0.5) is 11.5 Å². The van der Waals surface area contributed by atoms with Crippen molar-refractivity contribution in [3.8, 4) is 0 Å². The van der Waals surface area contributed by atoms with Crippen LogP contribution >= 0.6 is 0 Å². The van der Waals surface area contributed by atoms with Crippen molar-refractivity contribution < 1.29 is 4.79 Å². The van der Waals surface area contributed by atoms with Gasteiger partial charge in [0, 0.05) is 17.8 Å². The van der Waals surface area contributed by atoms with Gasteiger partial charge in [-0.15, -0.1) is 0 Å². The summed E-state index contributed by atoms with van der Waals surface area (Å²) in [4.78, 5) is 12.3. The van der Waals surface area contributed by atoms with Gasteiger partial charge in [-0.2, -0.15) is 5.10 Å². The Morgan fingerprint density at radius 1 is 1.47 bits per heavy atom. The number of nitrogens with one attached hydrogen (secondary N) is 3. The number of carbonyl (C=O) groups excluding carboxylic acids is 1. The van der Waals surface area contributed by atoms with Gasteiger partial charge in [-0.1, -0.05) is 25.1 Å². The molecule has 0 aliphatic carbocycles. The van der Waals surface area contributed by atoms with Crippen LogP contribution in [0.2, 0.25) is 0 Å². The lowest BCUT2D eigenvalue weighted by molar-refractivity contribution is -0.117. The van der Waals surface area contributed by atoms with Crippen molar-refractivity contribution in [1.82, 2.24) is 10.2 Å². The summed E-state index contributed by atoms with van der Waals surface area (Å²) in [6.45, 7) is 2.67. The summed E-state index contributed by atoms with van der Waals surface area (Å²) in [5, 5.41) is 13.0. The zero-order valence-corrected chi connectivity index (χ0v) is 10.7. The number of aromatic nitrogens is 2. The molecule has 1 unspecified atom stereocenters. The van der Waals surface area contributed by atoms with Gasteiger partial charge in [0.2, 0.25) is 5.91 Å². The van der Waals surface area contributed by atoms with Crippen LogP contribution in [0.1, 0.15) is 24.0 Å². The normalized spacial score (nSPS) is 16.8. The van der Waals surface area contributed by atoms with Crippen molar-refractivity contribution in [2.75, 3.05) is 17.2 Å². The number of para-hydroxylation sites is 1. The van der Waals surface area contributed by atoms with Crippen LogP contribution < -0.4 is 10.6 Å². The maximum Gasteiger partial charge on any atom is 0.234 e. The first kappa shape index (κ1) is 11.8. The van der Waals surface area contributed by atoms with Gasteiger partial charge in [-0.05, 0) is 18.1 Å². The SMILES string of the molecule is CCc1cn[nH]c1NC(=O)C1CNc2ccccc21. The zero-order valence-electron chi connectivity index (χ0n) is 10.7. The molecule has 1 atom stereocenters. The second kappa shape index (κ2) is 4.76. The van der Waals surface area contributed by atoms with Gasteiger partial charge >= 0.3 is 0 Å². The highest BCUT2D eigenvalue weighted by Crippen LogP contribution is 2.31. The molecule has 1 aliphatic rings. The summed E-state index contributed by atoms with van der Waals surface area (Å²) in [5.74, 6) is 0.553. The first-order chi connectivity index (χ1) is 9.29. The number of hydrogen-bond acceptors (Lipinski definition) is 3. The number of aryl methyl sites for hydroxylation is 1. The summed E-state index contributed by atoms with van der Waals surface area (Å²) in [6, 6.07) is 7.92. The standard InChI is InChI=1S/C14H16N4O/c1-2-9-7-16-18-13(9)17-14(19)11-8-15-12-6-4-3-5-10(11)12/h3-7,11,15H,2,8H2,1H3,(H2,16,17,18,19). The van der Waals surface area contributed by atoms with Crippen molar-refractivity contribution in [1.29, 1.82) is 0 Å². The van der Waals surface area contributed by atoms with Crippen molar-refractivity contribution >= 4 is 17.4 Å². The third-order valence-corrected chi connectivity index (χ3v) is 3.50. The predicted molar refractivity (Wildman–Crippen MR) is 74.3 cm³/mol. The molecule has 98 valence electrons. The number of H-pyrrole nitrogens is 1. The average molecular weight is 256 g/mol. The van der Waals surface area contributed by atoms with E-state index in [-0.39, 0.29) is 11.8 Å². The molecular weight excluding hydrogens is 240 g/mol. The summed E-state index contributed by atoms with van der Waals surface area (Å²) >= 11 is 0. The van der Waals surface area contributed by atoms with Crippen LogP contribution in [-0.4, -0.2) is 22.6 Å². The molecule has 2 heterocycles. The Kier molecular flexibility index (Phi) is 2.95. The molecule has 19 heavy (non-hydrogen) atoms. The Bertz CT molecular complexity index is 605. The minimum atomic E-state index is -0.149. The van der Waals surface area contributed by atoms with Gasteiger partial charge in [0.1, 0.15) is 5.82 Å². The van der Waals surface area contributed by atoms with Crippen molar-refractivity contribution in [2.45, 2.75) is 19.3 Å². The van der Waals surface area contributed by atoms with Crippen LogP contribution in [0.25, 0.3) is 0 Å². The number of amides is 1. The van der Waals surface area contributed by atoms with Crippen molar-refractivity contribution in [2.24, 2.45) is 0 Å². The van der Waals surface area contributed by atoms with Gasteiger partial charge < -0.3 is 10.6 Å². The smallest absolute Gasteiger partial charge is 0.234 e. The van der Waals surface area contributed by atoms with E-state index in [1.165, 1.54) is 0 Å². The van der Waals surface area contributed by atoms with E-state index < -0.39 is 0 Å². The number of benzene rings is 1. The van der Waals surface area contributed by atoms with Gasteiger partial charge in [0.15, 0.2) is 0 Å². The summed E-state index contributed by atoms with van der Waals surface area (Å²) < 4.78 is 0. The maximum atomic E-state index is 12.3. The number of carbonyl (C=O) groups is 1. The molecule has 5 nitrogen and oxygen atoms in total. The number of nitrogens with zero attached hydrogens (tertiary/aromatic N) is 1. The lowest BCUT2D eigenvalue weighted by Gasteiger charge is -2.10. The Morgan fingerprint density at radius 3 is 3.16 bits per heavy atom. The highest BCUT2D eigenvalue weighted by Gasteiger charge is 2.28. The Hall–Kier alpha value is -2.30. The zero-order chi connectivity index (χ0) is 13.2. The van der Waals surface area contributed by atoms with Crippen LogP contribution in [-0.2, 0) is 11.2 Å². The van der Waals surface area contributed by atoms with Gasteiger partial charge in [-0.3, -0.25) is 9.89 Å². The van der Waals surface area contributed by atoms with E-state index in [4.69, 9.17) is 0 Å². The first-order valence-electron chi connectivity index (χ1n) is 6.45. The van der Waals surface area contributed by atoms with E-state index in [0.29, 0.717) is 12.4 Å². The maximum absolute atomic E-state index is 12.3. The molecule has 1 aliphatic heterocycles. The minimum absolute atomic E-state index is 0.00333. The molecule has 0 radical (unpaired) electrons. The minimum Gasteiger partial charge on any atom is -0.384 e. The molecular formula is C14H16N4O. The predicted octanol–water partition coefficient (Wildman–Crippen LogP) is 2.12. The Balaban J connectivity index is 1.79. The van der Waals surface area contributed by atoms with E-state index in [1.807, 2.05) is 31.2 Å². The van der Waals surface area contributed by atoms with Crippen LogP contribution in [0, 0.1) is 0 Å². The number of fused-ring (bicyclic) bond motifs is 1. The molecule has 0 saturated carbocycles. The van der Waals surface area contributed by atoms with E-state index in [2.05, 4.69) is 20.8 Å². The highest BCUT2D eigenvalue weighted by atomic mass is 16.2. The van der Waals surface area contributed by atoms with Crippen molar-refractivity contribution in [3.05, 3.63) is 41.6 Å². The molecule has 3 N–H and O–H groups in total. The Labute approximate surface area is 111 Å². The average Bonchev–Trinajstić information content (AvgIpc) is 3.04. The molecule has 0 spiro atoms. The van der Waals surface area contributed by atoms with Gasteiger partial charge in [-0.25, -0.2) is 0 Å². The quantitative estimate of drug-likeness (QED) is 0.787. The lowest BCUT2D eigenvalue weighted by atomic mass is 10.0. The largest absolute Gasteiger partial charge is 0.384 e. The molecule has 2 aromatic rings. The second-order valence-electron chi connectivity index (χ2n) is 4.63. The van der Waals surface area contributed by atoms with Crippen molar-refractivity contribution in [3.63, 3.8) is 0 Å². The van der Waals surface area contributed by atoms with E-state index in [9.17, 15) is 4.79 Å². The molecule has 5 heteroatoms. The van der Waals surface area contributed by atoms with E-state index >= 15 is 0 Å².